The lowest BCUT2D eigenvalue weighted by atomic mass is 9.72. The zero-order valence-electron chi connectivity index (χ0n) is 29.5. The number of alkyl halides is 3. The average molecular weight is 719 g/mol. The zero-order valence-corrected chi connectivity index (χ0v) is 29.5. The molecule has 2 aromatic heterocycles. The highest BCUT2D eigenvalue weighted by Crippen LogP contribution is 2.54. The number of nitrogens with zero attached hydrogens (tertiary/aromatic N) is 7. The highest BCUT2D eigenvalue weighted by Gasteiger charge is 2.49. The van der Waals surface area contributed by atoms with Crippen molar-refractivity contribution < 1.29 is 27.1 Å². The third-order valence-corrected chi connectivity index (χ3v) is 12.1. The van der Waals surface area contributed by atoms with Crippen LogP contribution < -0.4 is 14.5 Å². The molecule has 4 aliphatic heterocycles. The molecule has 5 fully saturated rings. The number of ether oxygens (including phenoxy) is 1. The Labute approximate surface area is 298 Å². The fourth-order valence-corrected chi connectivity index (χ4v) is 9.39. The molecule has 274 valence electrons. The standard InChI is InChI=1S/C38H42F4N8O2/c1-22-4-7-28-27(15-43-46-28)29(22)30-25(24-5-6-24)14-26-31(32(30)52-21-38(40,41)42)44-35(49-13-10-37(20-49)16-47(3)17-37)45-33(26)48-11-8-36(9-12-48)18-50(19-36)34(51)23(2)39/h4,7,14-15,24H,2,5-6,8-13,16-21H2,1,3H3,(H,43,46). The van der Waals surface area contributed by atoms with E-state index >= 15 is 0 Å². The van der Waals surface area contributed by atoms with Crippen LogP contribution in [0.4, 0.5) is 29.3 Å². The first-order chi connectivity index (χ1) is 24.8. The maximum Gasteiger partial charge on any atom is 0.422 e. The molecule has 0 unspecified atom stereocenters. The molecule has 4 aromatic rings. The van der Waals surface area contributed by atoms with E-state index in [2.05, 4.69) is 44.6 Å². The summed E-state index contributed by atoms with van der Waals surface area (Å²) in [6, 6.07) is 6.00. The van der Waals surface area contributed by atoms with Crippen molar-refractivity contribution in [3.8, 4) is 16.9 Å². The Morgan fingerprint density at radius 2 is 1.69 bits per heavy atom. The number of aromatic nitrogens is 4. The summed E-state index contributed by atoms with van der Waals surface area (Å²) in [4.78, 5) is 30.8. The summed E-state index contributed by atoms with van der Waals surface area (Å²) < 4.78 is 61.8. The number of anilines is 2. The molecule has 52 heavy (non-hydrogen) atoms. The summed E-state index contributed by atoms with van der Waals surface area (Å²) in [6.07, 6.45) is 1.52. The first-order valence-electron chi connectivity index (χ1n) is 18.1. The number of carbonyl (C=O) groups is 1. The molecule has 2 spiro atoms. The molecule has 1 aliphatic carbocycles. The van der Waals surface area contributed by atoms with Gasteiger partial charge in [-0.15, -0.1) is 0 Å². The Kier molecular flexibility index (Phi) is 7.56. The van der Waals surface area contributed by atoms with Crippen molar-refractivity contribution in [2.45, 2.75) is 51.1 Å². The quantitative estimate of drug-likeness (QED) is 0.175. The van der Waals surface area contributed by atoms with E-state index in [1.54, 1.807) is 6.20 Å². The van der Waals surface area contributed by atoms with Crippen molar-refractivity contribution in [2.75, 3.05) is 75.8 Å². The van der Waals surface area contributed by atoms with E-state index in [1.165, 1.54) is 4.90 Å². The van der Waals surface area contributed by atoms with Gasteiger partial charge in [0, 0.05) is 79.5 Å². The SMILES string of the molecule is C=C(F)C(=O)N1CC2(CCN(c3nc(N4CCC5(CN(C)C5)C4)nc4c(OCC(F)(F)F)c(-c5c(C)ccc6[nH]ncc56)c(C5CC5)cc34)CC2)C1. The molecule has 9 rings (SSSR count). The largest absolute Gasteiger partial charge is 0.481 e. The first kappa shape index (κ1) is 33.4. The molecule has 0 atom stereocenters. The van der Waals surface area contributed by atoms with Gasteiger partial charge in [-0.1, -0.05) is 12.6 Å². The lowest BCUT2D eigenvalue weighted by Crippen LogP contribution is -2.62. The fraction of sp³-hybridized carbons (Fsp3) is 0.526. The fourth-order valence-electron chi connectivity index (χ4n) is 9.39. The Morgan fingerprint density at radius 1 is 0.981 bits per heavy atom. The predicted octanol–water partition coefficient (Wildman–Crippen LogP) is 6.35. The number of aryl methyl sites for hydroxylation is 1. The van der Waals surface area contributed by atoms with E-state index in [4.69, 9.17) is 14.7 Å². The molecule has 4 saturated heterocycles. The van der Waals surface area contributed by atoms with E-state index < -0.39 is 24.5 Å². The minimum absolute atomic E-state index is 0.112. The van der Waals surface area contributed by atoms with Crippen LogP contribution in [-0.4, -0.2) is 108 Å². The summed E-state index contributed by atoms with van der Waals surface area (Å²) in [5.41, 5.74) is 4.48. The van der Waals surface area contributed by atoms with Gasteiger partial charge in [-0.2, -0.15) is 23.3 Å². The number of benzene rings is 2. The second-order valence-corrected chi connectivity index (χ2v) is 16.1. The number of piperidine rings is 1. The van der Waals surface area contributed by atoms with E-state index in [-0.39, 0.29) is 22.5 Å². The molecule has 1 amide bonds. The van der Waals surface area contributed by atoms with Gasteiger partial charge in [0.05, 0.1) is 11.7 Å². The third-order valence-electron chi connectivity index (χ3n) is 12.1. The number of likely N-dealkylation sites (tertiary alicyclic amines) is 2. The van der Waals surface area contributed by atoms with Crippen LogP contribution in [0.25, 0.3) is 32.9 Å². The number of nitrogens with one attached hydrogen (secondary N) is 1. The number of aromatic amines is 1. The topological polar surface area (TPSA) is 93.7 Å². The van der Waals surface area contributed by atoms with Crippen LogP contribution in [0.1, 0.15) is 49.1 Å². The van der Waals surface area contributed by atoms with Gasteiger partial charge in [-0.3, -0.25) is 9.89 Å². The molecule has 6 heterocycles. The Balaban J connectivity index is 1.20. The summed E-state index contributed by atoms with van der Waals surface area (Å²) in [5, 5.41) is 8.80. The van der Waals surface area contributed by atoms with Gasteiger partial charge in [-0.05, 0) is 80.8 Å². The van der Waals surface area contributed by atoms with Crippen molar-refractivity contribution in [3.63, 3.8) is 0 Å². The van der Waals surface area contributed by atoms with Gasteiger partial charge in [0.15, 0.2) is 18.2 Å². The Bertz CT molecular complexity index is 2110. The molecule has 2 aromatic carbocycles. The van der Waals surface area contributed by atoms with Crippen molar-refractivity contribution in [3.05, 3.63) is 47.9 Å². The number of amides is 1. The summed E-state index contributed by atoms with van der Waals surface area (Å²) in [7, 11) is 2.11. The van der Waals surface area contributed by atoms with Gasteiger partial charge < -0.3 is 24.3 Å². The minimum atomic E-state index is -4.57. The second kappa shape index (κ2) is 11.8. The van der Waals surface area contributed by atoms with Crippen LogP contribution in [0.5, 0.6) is 5.75 Å². The van der Waals surface area contributed by atoms with Gasteiger partial charge in [0.25, 0.3) is 5.91 Å². The summed E-state index contributed by atoms with van der Waals surface area (Å²) in [5.74, 6) is -0.131. The lowest BCUT2D eigenvalue weighted by Gasteiger charge is -2.54. The molecule has 5 aliphatic rings. The zero-order chi connectivity index (χ0) is 36.2. The number of H-pyrrole nitrogens is 1. The second-order valence-electron chi connectivity index (χ2n) is 16.1. The minimum Gasteiger partial charge on any atom is -0.481 e. The molecular weight excluding hydrogens is 676 g/mol. The molecule has 0 bridgehead atoms. The van der Waals surface area contributed by atoms with Gasteiger partial charge in [-0.25, -0.2) is 9.37 Å². The maximum absolute atomic E-state index is 14.1. The average Bonchev–Trinajstić information content (AvgIpc) is 3.65. The van der Waals surface area contributed by atoms with Crippen LogP contribution in [0, 0.1) is 17.8 Å². The summed E-state index contributed by atoms with van der Waals surface area (Å²) >= 11 is 0. The Hall–Kier alpha value is -4.46. The molecule has 14 heteroatoms. The van der Waals surface area contributed by atoms with Crippen LogP contribution in [0.15, 0.2) is 36.8 Å². The highest BCUT2D eigenvalue weighted by molar-refractivity contribution is 6.06. The van der Waals surface area contributed by atoms with E-state index in [1.807, 2.05) is 19.1 Å². The number of rotatable bonds is 7. The highest BCUT2D eigenvalue weighted by atomic mass is 19.4. The van der Waals surface area contributed by atoms with Crippen LogP contribution in [0.3, 0.4) is 0 Å². The van der Waals surface area contributed by atoms with E-state index in [0.717, 1.165) is 85.9 Å². The van der Waals surface area contributed by atoms with Gasteiger partial charge >= 0.3 is 6.18 Å². The summed E-state index contributed by atoms with van der Waals surface area (Å²) in [6.45, 7) is 9.39. The van der Waals surface area contributed by atoms with Crippen molar-refractivity contribution >= 4 is 39.5 Å². The van der Waals surface area contributed by atoms with Crippen molar-refractivity contribution in [1.82, 2.24) is 30.0 Å². The normalized spacial score (nSPS) is 21.3. The number of halogens is 4. The van der Waals surface area contributed by atoms with Crippen LogP contribution >= 0.6 is 0 Å². The van der Waals surface area contributed by atoms with Crippen LogP contribution in [-0.2, 0) is 4.79 Å². The number of hydrogen-bond acceptors (Lipinski definition) is 8. The van der Waals surface area contributed by atoms with Crippen molar-refractivity contribution in [2.24, 2.45) is 10.8 Å². The smallest absolute Gasteiger partial charge is 0.422 e. The molecule has 0 radical (unpaired) electrons. The number of hydrogen-bond donors (Lipinski definition) is 1. The number of fused-ring (bicyclic) bond motifs is 2. The molecule has 1 N–H and O–H groups in total. The van der Waals surface area contributed by atoms with Crippen LogP contribution in [0.2, 0.25) is 0 Å². The lowest BCUT2D eigenvalue weighted by molar-refractivity contribution is -0.153. The maximum atomic E-state index is 14.1. The van der Waals surface area contributed by atoms with E-state index in [9.17, 15) is 22.4 Å². The monoisotopic (exact) mass is 718 g/mol. The van der Waals surface area contributed by atoms with Gasteiger partial charge in [0.1, 0.15) is 11.3 Å². The van der Waals surface area contributed by atoms with Crippen molar-refractivity contribution in [1.29, 1.82) is 0 Å². The Morgan fingerprint density at radius 3 is 2.37 bits per heavy atom. The molecule has 1 saturated carbocycles. The number of carbonyl (C=O) groups excluding carboxylic acids is 1. The molecular formula is C38H42F4N8O2. The van der Waals surface area contributed by atoms with Gasteiger partial charge in [0.2, 0.25) is 5.95 Å². The first-order valence-corrected chi connectivity index (χ1v) is 18.1. The molecule has 10 nitrogen and oxygen atoms in total. The third kappa shape index (κ3) is 5.64. The predicted molar refractivity (Wildman–Crippen MR) is 190 cm³/mol. The van der Waals surface area contributed by atoms with E-state index in [0.29, 0.717) is 54.4 Å².